The fourth-order valence-corrected chi connectivity index (χ4v) is 2.91. The SMILES string of the molecule is C/C=C(\C=N)c1cc2nccnc2c(NCC2NCCC2(C)F)n1. The molecule has 0 saturated carbocycles. The third-order valence-electron chi connectivity index (χ3n) is 4.42. The first-order valence-electron chi connectivity index (χ1n) is 8.00. The Morgan fingerprint density at radius 1 is 1.50 bits per heavy atom. The van der Waals surface area contributed by atoms with E-state index in [1.807, 2.05) is 13.0 Å². The lowest BCUT2D eigenvalue weighted by molar-refractivity contribution is 0.173. The normalized spacial score (nSPS) is 24.3. The van der Waals surface area contributed by atoms with Crippen LogP contribution in [0.15, 0.2) is 24.5 Å². The van der Waals surface area contributed by atoms with Gasteiger partial charge in [-0.25, -0.2) is 14.4 Å². The van der Waals surface area contributed by atoms with Crippen LogP contribution in [-0.4, -0.2) is 46.0 Å². The zero-order valence-corrected chi connectivity index (χ0v) is 13.8. The van der Waals surface area contributed by atoms with E-state index < -0.39 is 5.67 Å². The summed E-state index contributed by atoms with van der Waals surface area (Å²) in [6, 6.07) is 1.53. The van der Waals surface area contributed by atoms with Gasteiger partial charge in [-0.05, 0) is 32.9 Å². The summed E-state index contributed by atoms with van der Waals surface area (Å²) in [7, 11) is 0. The van der Waals surface area contributed by atoms with Crippen LogP contribution in [-0.2, 0) is 0 Å². The molecule has 0 radical (unpaired) electrons. The largest absolute Gasteiger partial charge is 0.367 e. The summed E-state index contributed by atoms with van der Waals surface area (Å²) in [5, 5.41) is 13.9. The second-order valence-electron chi connectivity index (χ2n) is 6.08. The number of pyridine rings is 1. The predicted octanol–water partition coefficient (Wildman–Crippen LogP) is 2.58. The average Bonchev–Trinajstić information content (AvgIpc) is 2.92. The maximum Gasteiger partial charge on any atom is 0.154 e. The van der Waals surface area contributed by atoms with Crippen molar-refractivity contribution in [3.63, 3.8) is 0 Å². The molecule has 0 bridgehead atoms. The average molecular weight is 328 g/mol. The number of nitrogens with one attached hydrogen (secondary N) is 3. The van der Waals surface area contributed by atoms with Gasteiger partial charge in [0, 0.05) is 30.7 Å². The van der Waals surface area contributed by atoms with Crippen LogP contribution in [0.4, 0.5) is 10.2 Å². The van der Waals surface area contributed by atoms with E-state index in [-0.39, 0.29) is 6.04 Å². The Morgan fingerprint density at radius 3 is 2.96 bits per heavy atom. The Bertz CT molecular complexity index is 786. The molecule has 2 unspecified atom stereocenters. The maximum absolute atomic E-state index is 14.4. The molecular formula is C17H21FN6. The Labute approximate surface area is 140 Å². The molecule has 1 aliphatic heterocycles. The zero-order chi connectivity index (χ0) is 17.2. The van der Waals surface area contributed by atoms with Gasteiger partial charge in [0.2, 0.25) is 0 Å². The highest BCUT2D eigenvalue weighted by molar-refractivity contribution is 6.08. The number of fused-ring (bicyclic) bond motifs is 1. The van der Waals surface area contributed by atoms with Crippen LogP contribution in [0, 0.1) is 5.41 Å². The molecule has 1 saturated heterocycles. The van der Waals surface area contributed by atoms with Gasteiger partial charge < -0.3 is 16.0 Å². The van der Waals surface area contributed by atoms with Crippen molar-refractivity contribution in [2.75, 3.05) is 18.4 Å². The van der Waals surface area contributed by atoms with E-state index in [1.54, 1.807) is 25.4 Å². The quantitative estimate of drug-likeness (QED) is 0.735. The molecule has 3 N–H and O–H groups in total. The van der Waals surface area contributed by atoms with E-state index in [1.165, 1.54) is 6.21 Å². The second kappa shape index (κ2) is 6.60. The van der Waals surface area contributed by atoms with E-state index in [0.29, 0.717) is 47.6 Å². The van der Waals surface area contributed by atoms with E-state index in [9.17, 15) is 4.39 Å². The predicted molar refractivity (Wildman–Crippen MR) is 94.2 cm³/mol. The third kappa shape index (κ3) is 3.12. The molecular weight excluding hydrogens is 307 g/mol. The van der Waals surface area contributed by atoms with E-state index in [0.717, 1.165) is 0 Å². The molecule has 1 aliphatic rings. The van der Waals surface area contributed by atoms with E-state index in [4.69, 9.17) is 5.41 Å². The summed E-state index contributed by atoms with van der Waals surface area (Å²) in [5.41, 5.74) is 1.43. The summed E-state index contributed by atoms with van der Waals surface area (Å²) in [6.07, 6.45) is 6.80. The van der Waals surface area contributed by atoms with Crippen molar-refractivity contribution in [3.8, 4) is 0 Å². The summed E-state index contributed by atoms with van der Waals surface area (Å²) < 4.78 is 14.4. The fourth-order valence-electron chi connectivity index (χ4n) is 2.91. The number of halogens is 1. The molecule has 1 fully saturated rings. The maximum atomic E-state index is 14.4. The topological polar surface area (TPSA) is 86.6 Å². The van der Waals surface area contributed by atoms with Crippen molar-refractivity contribution in [2.24, 2.45) is 0 Å². The lowest BCUT2D eigenvalue weighted by Crippen LogP contribution is -2.42. The number of nitrogens with zero attached hydrogens (tertiary/aromatic N) is 3. The van der Waals surface area contributed by atoms with Gasteiger partial charge in [-0.15, -0.1) is 0 Å². The summed E-state index contributed by atoms with van der Waals surface area (Å²) in [6.45, 7) is 4.55. The van der Waals surface area contributed by atoms with E-state index in [2.05, 4.69) is 25.6 Å². The monoisotopic (exact) mass is 328 g/mol. The number of allylic oxidation sites excluding steroid dienone is 2. The van der Waals surface area contributed by atoms with Crippen LogP contribution in [0.1, 0.15) is 26.0 Å². The Kier molecular flexibility index (Phi) is 4.53. The van der Waals surface area contributed by atoms with Crippen molar-refractivity contribution in [1.29, 1.82) is 5.41 Å². The number of alkyl halides is 1. The first-order chi connectivity index (χ1) is 11.5. The van der Waals surface area contributed by atoms with Crippen LogP contribution in [0.5, 0.6) is 0 Å². The van der Waals surface area contributed by atoms with Crippen LogP contribution in [0.3, 0.4) is 0 Å². The fraction of sp³-hybridized carbons (Fsp3) is 0.412. The molecule has 24 heavy (non-hydrogen) atoms. The van der Waals surface area contributed by atoms with E-state index >= 15 is 0 Å². The molecule has 0 spiro atoms. The lowest BCUT2D eigenvalue weighted by Gasteiger charge is -2.23. The number of hydrogen-bond acceptors (Lipinski definition) is 6. The molecule has 0 aromatic carbocycles. The smallest absolute Gasteiger partial charge is 0.154 e. The van der Waals surface area contributed by atoms with Crippen LogP contribution < -0.4 is 10.6 Å². The van der Waals surface area contributed by atoms with Gasteiger partial charge in [0.1, 0.15) is 11.2 Å². The van der Waals surface area contributed by atoms with Crippen molar-refractivity contribution >= 4 is 28.6 Å². The summed E-state index contributed by atoms with van der Waals surface area (Å²) >= 11 is 0. The first kappa shape index (κ1) is 16.4. The highest BCUT2D eigenvalue weighted by Gasteiger charge is 2.38. The van der Waals surface area contributed by atoms with Crippen molar-refractivity contribution in [3.05, 3.63) is 30.2 Å². The minimum absolute atomic E-state index is 0.279. The lowest BCUT2D eigenvalue weighted by atomic mass is 10.00. The van der Waals surface area contributed by atoms with Crippen LogP contribution in [0.2, 0.25) is 0 Å². The van der Waals surface area contributed by atoms with Crippen molar-refractivity contribution in [1.82, 2.24) is 20.3 Å². The van der Waals surface area contributed by atoms with Gasteiger partial charge in [0.05, 0.1) is 17.3 Å². The van der Waals surface area contributed by atoms with Gasteiger partial charge in [-0.1, -0.05) is 6.08 Å². The Morgan fingerprint density at radius 2 is 2.29 bits per heavy atom. The standard InChI is InChI=1S/C17H21FN6/c1-3-11(9-19)12-8-13-15(22-7-6-20-13)16(24-12)23-10-14-17(2,18)4-5-21-14/h3,6-9,14,19,21H,4-5,10H2,1-2H3,(H,23,24)/b11-3+,19-9?. The summed E-state index contributed by atoms with van der Waals surface area (Å²) in [4.78, 5) is 13.2. The van der Waals surface area contributed by atoms with Crippen LogP contribution in [0.25, 0.3) is 16.6 Å². The molecule has 2 aromatic heterocycles. The molecule has 7 heteroatoms. The molecule has 126 valence electrons. The highest BCUT2D eigenvalue weighted by Crippen LogP contribution is 2.27. The molecule has 0 aliphatic carbocycles. The van der Waals surface area contributed by atoms with Gasteiger partial charge in [-0.2, -0.15) is 0 Å². The second-order valence-corrected chi connectivity index (χ2v) is 6.08. The van der Waals surface area contributed by atoms with Gasteiger partial charge in [0.25, 0.3) is 0 Å². The molecule has 6 nitrogen and oxygen atoms in total. The van der Waals surface area contributed by atoms with Gasteiger partial charge in [-0.3, -0.25) is 4.98 Å². The molecule has 0 amide bonds. The highest BCUT2D eigenvalue weighted by atomic mass is 19.1. The third-order valence-corrected chi connectivity index (χ3v) is 4.42. The number of anilines is 1. The van der Waals surface area contributed by atoms with Crippen molar-refractivity contribution < 1.29 is 4.39 Å². The Hall–Kier alpha value is -2.41. The molecule has 2 aromatic rings. The molecule has 3 heterocycles. The summed E-state index contributed by atoms with van der Waals surface area (Å²) in [5.74, 6) is 0.557. The molecule has 2 atom stereocenters. The number of hydrogen-bond donors (Lipinski definition) is 3. The van der Waals surface area contributed by atoms with Gasteiger partial charge in [0.15, 0.2) is 5.82 Å². The Balaban J connectivity index is 1.95. The number of aromatic nitrogens is 3. The first-order valence-corrected chi connectivity index (χ1v) is 8.00. The minimum atomic E-state index is -1.24. The molecule has 3 rings (SSSR count). The zero-order valence-electron chi connectivity index (χ0n) is 13.8. The number of rotatable bonds is 5. The van der Waals surface area contributed by atoms with Crippen molar-refractivity contribution in [2.45, 2.75) is 32.0 Å². The van der Waals surface area contributed by atoms with Crippen LogP contribution >= 0.6 is 0 Å². The minimum Gasteiger partial charge on any atom is -0.367 e. The van der Waals surface area contributed by atoms with Gasteiger partial charge >= 0.3 is 0 Å².